The molecule has 1 N–H and O–H groups in total. The number of hydrogen-bond acceptors (Lipinski definition) is 5. The highest BCUT2D eigenvalue weighted by atomic mass is 32.1. The van der Waals surface area contributed by atoms with Crippen LogP contribution in [0.15, 0.2) is 34.7 Å². The average Bonchev–Trinajstić information content (AvgIpc) is 3.03. The van der Waals surface area contributed by atoms with Gasteiger partial charge < -0.3 is 9.73 Å². The van der Waals surface area contributed by atoms with Crippen LogP contribution < -0.4 is 5.32 Å². The smallest absolute Gasteiger partial charge is 0.232 e. The summed E-state index contributed by atoms with van der Waals surface area (Å²) in [6, 6.07) is 9.64. The molecule has 1 amide bonds. The zero-order chi connectivity index (χ0) is 16.4. The van der Waals surface area contributed by atoms with E-state index in [9.17, 15) is 4.79 Å². The Morgan fingerprint density at radius 1 is 1.17 bits per heavy atom. The summed E-state index contributed by atoms with van der Waals surface area (Å²) in [5.74, 6) is 1.05. The van der Waals surface area contributed by atoms with Crippen molar-refractivity contribution in [3.05, 3.63) is 52.4 Å². The van der Waals surface area contributed by atoms with Crippen molar-refractivity contribution in [2.24, 2.45) is 0 Å². The molecule has 2 heterocycles. The molecule has 3 rings (SSSR count). The Hall–Kier alpha value is -2.47. The number of amides is 1. The maximum Gasteiger partial charge on any atom is 0.232 e. The Morgan fingerprint density at radius 3 is 2.57 bits per heavy atom. The van der Waals surface area contributed by atoms with E-state index >= 15 is 0 Å². The second kappa shape index (κ2) is 6.34. The highest BCUT2D eigenvalue weighted by molar-refractivity contribution is 7.15. The van der Waals surface area contributed by atoms with Gasteiger partial charge >= 0.3 is 0 Å². The summed E-state index contributed by atoms with van der Waals surface area (Å²) in [5.41, 5.74) is 2.48. The Bertz CT molecular complexity index is 817. The van der Waals surface area contributed by atoms with Crippen LogP contribution in [0.5, 0.6) is 0 Å². The summed E-state index contributed by atoms with van der Waals surface area (Å²) in [7, 11) is 0. The van der Waals surface area contributed by atoms with E-state index in [4.69, 9.17) is 4.42 Å². The highest BCUT2D eigenvalue weighted by Crippen LogP contribution is 2.23. The fourth-order valence-corrected chi connectivity index (χ4v) is 2.97. The zero-order valence-corrected chi connectivity index (χ0v) is 14.0. The van der Waals surface area contributed by atoms with Gasteiger partial charge in [0.1, 0.15) is 5.76 Å². The number of thiazole rings is 1. The van der Waals surface area contributed by atoms with Crippen LogP contribution in [0.4, 0.5) is 5.13 Å². The Morgan fingerprint density at radius 2 is 1.91 bits per heavy atom. The fraction of sp³-hybridized carbons (Fsp3) is 0.235. The molecule has 0 spiro atoms. The molecule has 0 unspecified atom stereocenters. The molecule has 0 radical (unpaired) electrons. The van der Waals surface area contributed by atoms with E-state index in [-0.39, 0.29) is 12.3 Å². The third-order valence-corrected chi connectivity index (χ3v) is 4.50. The van der Waals surface area contributed by atoms with Gasteiger partial charge in [0.2, 0.25) is 11.8 Å². The van der Waals surface area contributed by atoms with Crippen LogP contribution in [-0.2, 0) is 11.2 Å². The van der Waals surface area contributed by atoms with Crippen molar-refractivity contribution >= 4 is 22.4 Å². The second-order valence-corrected chi connectivity index (χ2v) is 6.48. The van der Waals surface area contributed by atoms with Crippen molar-refractivity contribution in [1.29, 1.82) is 0 Å². The molecule has 0 fully saturated rings. The molecule has 0 aliphatic heterocycles. The molecule has 2 aromatic heterocycles. The maximum absolute atomic E-state index is 12.2. The first-order valence-electron chi connectivity index (χ1n) is 7.28. The maximum atomic E-state index is 12.2. The molecule has 3 aromatic rings. The summed E-state index contributed by atoms with van der Waals surface area (Å²) in [4.78, 5) is 22.0. The van der Waals surface area contributed by atoms with Crippen molar-refractivity contribution in [3.8, 4) is 11.5 Å². The van der Waals surface area contributed by atoms with Crippen LogP contribution in [0, 0.1) is 20.8 Å². The van der Waals surface area contributed by atoms with Gasteiger partial charge in [-0.05, 0) is 32.9 Å². The second-order valence-electron chi connectivity index (χ2n) is 5.27. The molecule has 23 heavy (non-hydrogen) atoms. The number of rotatable bonds is 4. The van der Waals surface area contributed by atoms with Gasteiger partial charge in [0, 0.05) is 10.4 Å². The van der Waals surface area contributed by atoms with Crippen LogP contribution >= 0.6 is 11.3 Å². The number of aryl methyl sites for hydroxylation is 3. The molecular weight excluding hydrogens is 310 g/mol. The third kappa shape index (κ3) is 3.48. The Balaban J connectivity index is 1.73. The number of benzene rings is 1. The Kier molecular flexibility index (Phi) is 4.25. The summed E-state index contributed by atoms with van der Waals surface area (Å²) in [5, 5.41) is 3.43. The topological polar surface area (TPSA) is 68.0 Å². The van der Waals surface area contributed by atoms with E-state index in [0.29, 0.717) is 22.5 Å². The van der Waals surface area contributed by atoms with Gasteiger partial charge in [-0.15, -0.1) is 11.3 Å². The predicted octanol–water partition coefficient (Wildman–Crippen LogP) is 3.90. The molecule has 0 saturated heterocycles. The van der Waals surface area contributed by atoms with Crippen molar-refractivity contribution in [1.82, 2.24) is 9.97 Å². The molecule has 0 saturated carbocycles. The SMILES string of the molecule is Cc1nc(NC(=O)Cc2nc(-c3ccccc3)oc2C)sc1C. The first-order chi connectivity index (χ1) is 11.0. The number of nitrogens with one attached hydrogen (secondary N) is 1. The lowest BCUT2D eigenvalue weighted by Crippen LogP contribution is -2.15. The monoisotopic (exact) mass is 327 g/mol. The van der Waals surface area contributed by atoms with E-state index in [1.807, 2.05) is 51.1 Å². The minimum absolute atomic E-state index is 0.144. The van der Waals surface area contributed by atoms with Crippen LogP contribution in [0.1, 0.15) is 22.0 Å². The first-order valence-corrected chi connectivity index (χ1v) is 8.10. The molecule has 0 aliphatic carbocycles. The third-order valence-electron chi connectivity index (χ3n) is 3.52. The normalized spacial score (nSPS) is 10.7. The number of anilines is 1. The quantitative estimate of drug-likeness (QED) is 0.789. The minimum Gasteiger partial charge on any atom is -0.441 e. The largest absolute Gasteiger partial charge is 0.441 e. The molecule has 6 heteroatoms. The van der Waals surface area contributed by atoms with Gasteiger partial charge in [0.15, 0.2) is 5.13 Å². The predicted molar refractivity (Wildman–Crippen MR) is 90.6 cm³/mol. The molecule has 0 atom stereocenters. The van der Waals surface area contributed by atoms with E-state index < -0.39 is 0 Å². The number of aromatic nitrogens is 2. The van der Waals surface area contributed by atoms with Crippen LogP contribution in [0.2, 0.25) is 0 Å². The van der Waals surface area contributed by atoms with E-state index in [1.54, 1.807) is 0 Å². The van der Waals surface area contributed by atoms with Crippen LogP contribution in [-0.4, -0.2) is 15.9 Å². The van der Waals surface area contributed by atoms with Gasteiger partial charge in [0.05, 0.1) is 17.8 Å². The molecule has 5 nitrogen and oxygen atoms in total. The molecule has 1 aromatic carbocycles. The lowest BCUT2D eigenvalue weighted by molar-refractivity contribution is -0.115. The van der Waals surface area contributed by atoms with E-state index in [2.05, 4.69) is 15.3 Å². The summed E-state index contributed by atoms with van der Waals surface area (Å²) in [6.07, 6.45) is 0.167. The zero-order valence-electron chi connectivity index (χ0n) is 13.2. The van der Waals surface area contributed by atoms with Crippen molar-refractivity contribution in [3.63, 3.8) is 0 Å². The van der Waals surface area contributed by atoms with Gasteiger partial charge in [-0.2, -0.15) is 0 Å². The summed E-state index contributed by atoms with van der Waals surface area (Å²) < 4.78 is 5.67. The van der Waals surface area contributed by atoms with Gasteiger partial charge in [-0.25, -0.2) is 9.97 Å². The number of carbonyl (C=O) groups is 1. The molecular formula is C17H17N3O2S. The van der Waals surface area contributed by atoms with Gasteiger partial charge in [0.25, 0.3) is 0 Å². The van der Waals surface area contributed by atoms with E-state index in [1.165, 1.54) is 11.3 Å². The number of nitrogens with zero attached hydrogens (tertiary/aromatic N) is 2. The summed E-state index contributed by atoms with van der Waals surface area (Å²) in [6.45, 7) is 5.73. The van der Waals surface area contributed by atoms with Crippen molar-refractivity contribution < 1.29 is 9.21 Å². The van der Waals surface area contributed by atoms with Crippen LogP contribution in [0.3, 0.4) is 0 Å². The van der Waals surface area contributed by atoms with E-state index in [0.717, 1.165) is 16.1 Å². The summed E-state index contributed by atoms with van der Waals surface area (Å²) >= 11 is 1.47. The van der Waals surface area contributed by atoms with Crippen LogP contribution in [0.25, 0.3) is 11.5 Å². The van der Waals surface area contributed by atoms with Gasteiger partial charge in [-0.1, -0.05) is 18.2 Å². The van der Waals surface area contributed by atoms with Crippen molar-refractivity contribution in [2.45, 2.75) is 27.2 Å². The number of carbonyl (C=O) groups excluding carboxylic acids is 1. The lowest BCUT2D eigenvalue weighted by atomic mass is 10.2. The molecule has 118 valence electrons. The lowest BCUT2D eigenvalue weighted by Gasteiger charge is -1.99. The molecule has 0 aliphatic rings. The average molecular weight is 327 g/mol. The fourth-order valence-electron chi connectivity index (χ4n) is 2.14. The number of oxazole rings is 1. The molecule has 0 bridgehead atoms. The number of hydrogen-bond donors (Lipinski definition) is 1. The van der Waals surface area contributed by atoms with Gasteiger partial charge in [-0.3, -0.25) is 4.79 Å². The Labute approximate surface area is 138 Å². The minimum atomic E-state index is -0.144. The standard InChI is InChI=1S/C17H17N3O2S/c1-10-12(3)23-17(18-10)20-15(21)9-14-11(2)22-16(19-14)13-7-5-4-6-8-13/h4-8H,9H2,1-3H3,(H,18,20,21). The highest BCUT2D eigenvalue weighted by Gasteiger charge is 2.15. The van der Waals surface area contributed by atoms with Crippen molar-refractivity contribution in [2.75, 3.05) is 5.32 Å². The first kappa shape index (κ1) is 15.4.